The second-order valence-corrected chi connectivity index (χ2v) is 8.96. The molecule has 3 aromatic carbocycles. The lowest BCUT2D eigenvalue weighted by Gasteiger charge is -2.34. The maximum atomic E-state index is 13.0. The molecule has 3 aromatic rings. The first-order chi connectivity index (χ1) is 15.5. The van der Waals surface area contributed by atoms with Gasteiger partial charge >= 0.3 is 0 Å². The first-order valence-corrected chi connectivity index (χ1v) is 11.5. The van der Waals surface area contributed by atoms with Crippen molar-refractivity contribution in [3.63, 3.8) is 0 Å². The fourth-order valence-electron chi connectivity index (χ4n) is 3.69. The summed E-state index contributed by atoms with van der Waals surface area (Å²) in [6.07, 6.45) is 0. The molecule has 32 heavy (non-hydrogen) atoms. The number of nitrogens with zero attached hydrogens (tertiary/aromatic N) is 2. The van der Waals surface area contributed by atoms with E-state index in [0.717, 1.165) is 30.2 Å². The number of hydrogen-bond donors (Lipinski definition) is 0. The lowest BCUT2D eigenvalue weighted by molar-refractivity contribution is 0.0628. The van der Waals surface area contributed by atoms with E-state index in [1.807, 2.05) is 53.4 Å². The van der Waals surface area contributed by atoms with Gasteiger partial charge < -0.3 is 9.64 Å². The fourth-order valence-corrected chi connectivity index (χ4v) is 4.16. The topological polar surface area (TPSA) is 32.8 Å². The first kappa shape index (κ1) is 22.9. The quantitative estimate of drug-likeness (QED) is 0.414. The Morgan fingerprint density at radius 3 is 2.31 bits per heavy atom. The molecule has 0 bridgehead atoms. The smallest absolute Gasteiger partial charge is 0.253 e. The van der Waals surface area contributed by atoms with Crippen LogP contribution < -0.4 is 4.74 Å². The van der Waals surface area contributed by atoms with Gasteiger partial charge in [0.25, 0.3) is 5.91 Å². The van der Waals surface area contributed by atoms with Crippen molar-refractivity contribution in [3.05, 3.63) is 98.5 Å². The third kappa shape index (κ3) is 5.76. The summed E-state index contributed by atoms with van der Waals surface area (Å²) in [6, 6.07) is 20.7. The van der Waals surface area contributed by atoms with E-state index in [2.05, 4.69) is 4.90 Å². The molecule has 0 aliphatic carbocycles. The molecule has 1 aliphatic heterocycles. The van der Waals surface area contributed by atoms with Crippen LogP contribution in [0.2, 0.25) is 15.1 Å². The first-order valence-electron chi connectivity index (χ1n) is 10.4. The third-order valence-electron chi connectivity index (χ3n) is 5.46. The summed E-state index contributed by atoms with van der Waals surface area (Å²) >= 11 is 18.2. The van der Waals surface area contributed by atoms with Crippen LogP contribution in [0.1, 0.15) is 21.5 Å². The molecule has 0 radical (unpaired) electrons. The van der Waals surface area contributed by atoms with Crippen LogP contribution in [0.25, 0.3) is 0 Å². The average molecular weight is 490 g/mol. The number of hydrogen-bond acceptors (Lipinski definition) is 3. The summed E-state index contributed by atoms with van der Waals surface area (Å²) in [4.78, 5) is 17.3. The average Bonchev–Trinajstić information content (AvgIpc) is 2.82. The molecule has 4 nitrogen and oxygen atoms in total. The second-order valence-electron chi connectivity index (χ2n) is 7.74. The van der Waals surface area contributed by atoms with Gasteiger partial charge in [-0.05, 0) is 47.5 Å². The zero-order valence-corrected chi connectivity index (χ0v) is 19.7. The highest BCUT2D eigenvalue weighted by Gasteiger charge is 2.22. The van der Waals surface area contributed by atoms with E-state index in [9.17, 15) is 4.79 Å². The van der Waals surface area contributed by atoms with Crippen molar-refractivity contribution in [1.82, 2.24) is 9.80 Å². The Labute approximate surface area is 203 Å². The minimum atomic E-state index is 0.0405. The van der Waals surface area contributed by atoms with Crippen LogP contribution >= 0.6 is 34.8 Å². The zero-order chi connectivity index (χ0) is 22.5. The molecule has 1 saturated heterocycles. The highest BCUT2D eigenvalue weighted by Crippen LogP contribution is 2.32. The van der Waals surface area contributed by atoms with Crippen LogP contribution in [0, 0.1) is 0 Å². The van der Waals surface area contributed by atoms with Crippen LogP contribution in [0.4, 0.5) is 0 Å². The molecule has 1 fully saturated rings. The van der Waals surface area contributed by atoms with Crippen molar-refractivity contribution >= 4 is 40.7 Å². The van der Waals surface area contributed by atoms with Crippen molar-refractivity contribution in [3.8, 4) is 5.75 Å². The van der Waals surface area contributed by atoms with Crippen LogP contribution in [0.3, 0.4) is 0 Å². The number of halogens is 3. The number of carbonyl (C=O) groups is 1. The van der Waals surface area contributed by atoms with E-state index >= 15 is 0 Å². The van der Waals surface area contributed by atoms with E-state index in [-0.39, 0.29) is 5.91 Å². The molecular weight excluding hydrogens is 467 g/mol. The maximum absolute atomic E-state index is 13.0. The molecule has 0 unspecified atom stereocenters. The monoisotopic (exact) mass is 488 g/mol. The second kappa shape index (κ2) is 10.6. The molecule has 0 spiro atoms. The van der Waals surface area contributed by atoms with E-state index < -0.39 is 0 Å². The number of rotatable bonds is 6. The van der Waals surface area contributed by atoms with E-state index in [1.165, 1.54) is 5.56 Å². The van der Waals surface area contributed by atoms with Crippen LogP contribution in [0.5, 0.6) is 5.75 Å². The molecule has 0 atom stereocenters. The SMILES string of the molecule is O=C(c1cccc(COc2cccc(Cl)c2Cl)c1)N1CCN(Cc2ccc(Cl)cc2)CC1. The number of carbonyl (C=O) groups excluding carboxylic acids is 1. The number of amides is 1. The molecule has 1 aliphatic rings. The van der Waals surface area contributed by atoms with Gasteiger partial charge in [0.2, 0.25) is 0 Å². The van der Waals surface area contributed by atoms with Crippen LogP contribution in [-0.4, -0.2) is 41.9 Å². The highest BCUT2D eigenvalue weighted by molar-refractivity contribution is 6.42. The van der Waals surface area contributed by atoms with Crippen molar-refractivity contribution in [2.45, 2.75) is 13.2 Å². The summed E-state index contributed by atoms with van der Waals surface area (Å²) < 4.78 is 5.81. The zero-order valence-electron chi connectivity index (χ0n) is 17.4. The van der Waals surface area contributed by atoms with Gasteiger partial charge in [-0.2, -0.15) is 0 Å². The molecule has 1 amide bonds. The van der Waals surface area contributed by atoms with Gasteiger partial charge in [-0.15, -0.1) is 0 Å². The normalized spacial score (nSPS) is 14.4. The summed E-state index contributed by atoms with van der Waals surface area (Å²) in [6.45, 7) is 4.24. The Balaban J connectivity index is 1.32. The predicted molar refractivity (Wildman–Crippen MR) is 130 cm³/mol. The molecule has 0 N–H and O–H groups in total. The lowest BCUT2D eigenvalue weighted by atomic mass is 10.1. The van der Waals surface area contributed by atoms with E-state index in [1.54, 1.807) is 18.2 Å². The summed E-state index contributed by atoms with van der Waals surface area (Å²) in [5.41, 5.74) is 2.78. The molecule has 4 rings (SSSR count). The van der Waals surface area contributed by atoms with Gasteiger partial charge in [-0.25, -0.2) is 0 Å². The van der Waals surface area contributed by atoms with Crippen molar-refractivity contribution < 1.29 is 9.53 Å². The standard InChI is InChI=1S/C25H23Cl3N2O2/c26-21-9-7-18(8-10-21)16-29-11-13-30(14-12-29)25(31)20-4-1-3-19(15-20)17-32-23-6-2-5-22(27)24(23)28/h1-10,15H,11-14,16-17H2. The summed E-state index contributed by atoms with van der Waals surface area (Å²) in [7, 11) is 0. The van der Waals surface area contributed by atoms with Gasteiger partial charge in [0, 0.05) is 43.3 Å². The number of ether oxygens (including phenoxy) is 1. The minimum absolute atomic E-state index is 0.0405. The van der Waals surface area contributed by atoms with Gasteiger partial charge in [-0.1, -0.05) is 65.1 Å². The lowest BCUT2D eigenvalue weighted by Crippen LogP contribution is -2.48. The van der Waals surface area contributed by atoms with E-state index in [4.69, 9.17) is 39.5 Å². The van der Waals surface area contributed by atoms with Gasteiger partial charge in [0.05, 0.1) is 5.02 Å². The van der Waals surface area contributed by atoms with Crippen molar-refractivity contribution in [1.29, 1.82) is 0 Å². The minimum Gasteiger partial charge on any atom is -0.487 e. The van der Waals surface area contributed by atoms with Crippen molar-refractivity contribution in [2.24, 2.45) is 0 Å². The molecule has 166 valence electrons. The molecule has 0 aromatic heterocycles. The molecular formula is C25H23Cl3N2O2. The Kier molecular flexibility index (Phi) is 7.59. The fraction of sp³-hybridized carbons (Fsp3) is 0.240. The Bertz CT molecular complexity index is 1080. The summed E-state index contributed by atoms with van der Waals surface area (Å²) in [5.74, 6) is 0.562. The van der Waals surface area contributed by atoms with E-state index in [0.29, 0.717) is 41.1 Å². The molecule has 1 heterocycles. The van der Waals surface area contributed by atoms with Crippen LogP contribution in [0.15, 0.2) is 66.7 Å². The highest BCUT2D eigenvalue weighted by atomic mass is 35.5. The van der Waals surface area contributed by atoms with Gasteiger partial charge in [0.1, 0.15) is 17.4 Å². The Hall–Kier alpha value is -2.24. The largest absolute Gasteiger partial charge is 0.487 e. The Morgan fingerprint density at radius 2 is 1.56 bits per heavy atom. The number of piperazine rings is 1. The molecule has 0 saturated carbocycles. The van der Waals surface area contributed by atoms with Crippen LogP contribution in [-0.2, 0) is 13.2 Å². The maximum Gasteiger partial charge on any atom is 0.253 e. The Morgan fingerprint density at radius 1 is 0.844 bits per heavy atom. The molecule has 7 heteroatoms. The van der Waals surface area contributed by atoms with Gasteiger partial charge in [-0.3, -0.25) is 9.69 Å². The van der Waals surface area contributed by atoms with Gasteiger partial charge in [0.15, 0.2) is 0 Å². The predicted octanol–water partition coefficient (Wildman–Crippen LogP) is 6.18. The van der Waals surface area contributed by atoms with Crippen molar-refractivity contribution in [2.75, 3.05) is 26.2 Å². The third-order valence-corrected chi connectivity index (χ3v) is 6.52. The number of benzene rings is 3. The summed E-state index contributed by atoms with van der Waals surface area (Å²) in [5, 5.41) is 1.58.